The first-order valence-electron chi connectivity index (χ1n) is 5.46. The first-order chi connectivity index (χ1) is 6.02. The number of carbonyl (C=O) groups excluding carboxylic acids is 1. The van der Waals surface area contributed by atoms with Crippen molar-refractivity contribution in [1.29, 1.82) is 0 Å². The molecule has 0 aliphatic rings. The smallest absolute Gasteiger partial charge is 0.120 e. The summed E-state index contributed by atoms with van der Waals surface area (Å²) in [5, 5.41) is 0. The van der Waals surface area contributed by atoms with Crippen molar-refractivity contribution in [2.45, 2.75) is 59.8 Å². The minimum atomic E-state index is 0.359. The van der Waals surface area contributed by atoms with Crippen molar-refractivity contribution >= 4 is 6.29 Å². The maximum Gasteiger partial charge on any atom is 0.120 e. The molecule has 1 nitrogen and oxygen atoms in total. The largest absolute Gasteiger partial charge is 0.303 e. The summed E-state index contributed by atoms with van der Waals surface area (Å²) < 4.78 is 0. The van der Waals surface area contributed by atoms with Crippen LogP contribution in [-0.4, -0.2) is 6.29 Å². The predicted octanol–water partition coefficient (Wildman–Crippen LogP) is 3.82. The van der Waals surface area contributed by atoms with Crippen LogP contribution in [0.15, 0.2) is 0 Å². The fourth-order valence-electron chi connectivity index (χ4n) is 1.73. The number of hydrogen-bond donors (Lipinski definition) is 0. The van der Waals surface area contributed by atoms with E-state index in [0.717, 1.165) is 19.1 Å². The molecule has 0 saturated carbocycles. The van der Waals surface area contributed by atoms with Crippen molar-refractivity contribution in [1.82, 2.24) is 0 Å². The van der Waals surface area contributed by atoms with Crippen molar-refractivity contribution in [3.63, 3.8) is 0 Å². The molecule has 0 fully saturated rings. The van der Waals surface area contributed by atoms with Gasteiger partial charge in [0.1, 0.15) is 6.29 Å². The van der Waals surface area contributed by atoms with Gasteiger partial charge in [0.25, 0.3) is 0 Å². The highest BCUT2D eigenvalue weighted by atomic mass is 16.1. The molecule has 0 aromatic carbocycles. The summed E-state index contributed by atoms with van der Waals surface area (Å²) in [4.78, 5) is 10.3. The van der Waals surface area contributed by atoms with Crippen LogP contribution >= 0.6 is 0 Å². The molecule has 0 N–H and O–H groups in total. The standard InChI is InChI=1S/C12H24O/c1-5-6-8-11(9-7-10-13)12(2,3)4/h10-11H,5-9H2,1-4H3. The number of unbranched alkanes of at least 4 members (excludes halogenated alkanes) is 1. The summed E-state index contributed by atoms with van der Waals surface area (Å²) in [7, 11) is 0. The molecule has 1 atom stereocenters. The zero-order valence-electron chi connectivity index (χ0n) is 9.60. The second kappa shape index (κ2) is 6.17. The molecule has 0 spiro atoms. The van der Waals surface area contributed by atoms with E-state index in [-0.39, 0.29) is 0 Å². The number of hydrogen-bond acceptors (Lipinski definition) is 1. The molecular formula is C12H24O. The molecule has 0 amide bonds. The van der Waals surface area contributed by atoms with Gasteiger partial charge in [-0.25, -0.2) is 0 Å². The molecule has 0 heterocycles. The molecule has 0 aliphatic carbocycles. The third-order valence-corrected chi connectivity index (χ3v) is 2.76. The van der Waals surface area contributed by atoms with Crippen molar-refractivity contribution in [2.24, 2.45) is 11.3 Å². The Kier molecular flexibility index (Phi) is 6.02. The van der Waals surface area contributed by atoms with Crippen molar-refractivity contribution in [2.75, 3.05) is 0 Å². The van der Waals surface area contributed by atoms with Gasteiger partial charge in [-0.2, -0.15) is 0 Å². The van der Waals surface area contributed by atoms with Crippen LogP contribution in [0.5, 0.6) is 0 Å². The molecule has 78 valence electrons. The third-order valence-electron chi connectivity index (χ3n) is 2.76. The maximum absolute atomic E-state index is 10.3. The predicted molar refractivity (Wildman–Crippen MR) is 57.8 cm³/mol. The first-order valence-corrected chi connectivity index (χ1v) is 5.46. The minimum absolute atomic E-state index is 0.359. The summed E-state index contributed by atoms with van der Waals surface area (Å²) in [6, 6.07) is 0. The molecule has 0 radical (unpaired) electrons. The fourth-order valence-corrected chi connectivity index (χ4v) is 1.73. The van der Waals surface area contributed by atoms with E-state index in [2.05, 4.69) is 27.7 Å². The Hall–Kier alpha value is -0.330. The van der Waals surface area contributed by atoms with Crippen LogP contribution in [0, 0.1) is 11.3 Å². The van der Waals surface area contributed by atoms with Gasteiger partial charge in [0.2, 0.25) is 0 Å². The van der Waals surface area contributed by atoms with Gasteiger partial charge in [-0.1, -0.05) is 40.5 Å². The Morgan fingerprint density at radius 1 is 1.23 bits per heavy atom. The molecule has 13 heavy (non-hydrogen) atoms. The lowest BCUT2D eigenvalue weighted by Gasteiger charge is -2.30. The monoisotopic (exact) mass is 184 g/mol. The topological polar surface area (TPSA) is 17.1 Å². The van der Waals surface area contributed by atoms with Gasteiger partial charge in [-0.15, -0.1) is 0 Å². The zero-order chi connectivity index (χ0) is 10.3. The highest BCUT2D eigenvalue weighted by Crippen LogP contribution is 2.33. The van der Waals surface area contributed by atoms with Gasteiger partial charge in [0.05, 0.1) is 0 Å². The Morgan fingerprint density at radius 3 is 2.23 bits per heavy atom. The lowest BCUT2D eigenvalue weighted by molar-refractivity contribution is -0.108. The SMILES string of the molecule is CCCCC(CCC=O)C(C)(C)C. The highest BCUT2D eigenvalue weighted by Gasteiger charge is 2.23. The van der Waals surface area contributed by atoms with E-state index in [9.17, 15) is 4.79 Å². The molecule has 0 saturated heterocycles. The van der Waals surface area contributed by atoms with Crippen LogP contribution in [0.25, 0.3) is 0 Å². The number of aldehydes is 1. The van der Waals surface area contributed by atoms with Crippen LogP contribution in [0.3, 0.4) is 0 Å². The van der Waals surface area contributed by atoms with E-state index >= 15 is 0 Å². The van der Waals surface area contributed by atoms with Gasteiger partial charge in [0, 0.05) is 6.42 Å². The van der Waals surface area contributed by atoms with Gasteiger partial charge >= 0.3 is 0 Å². The van der Waals surface area contributed by atoms with Crippen LogP contribution in [0.4, 0.5) is 0 Å². The molecule has 0 aromatic rings. The van der Waals surface area contributed by atoms with Gasteiger partial charge in [-0.05, 0) is 24.2 Å². The lowest BCUT2D eigenvalue weighted by Crippen LogP contribution is -2.20. The second-order valence-electron chi connectivity index (χ2n) is 4.95. The first kappa shape index (κ1) is 12.7. The van der Waals surface area contributed by atoms with E-state index in [0.29, 0.717) is 11.3 Å². The van der Waals surface area contributed by atoms with E-state index in [1.165, 1.54) is 19.3 Å². The van der Waals surface area contributed by atoms with Gasteiger partial charge < -0.3 is 4.79 Å². The van der Waals surface area contributed by atoms with E-state index in [1.54, 1.807) is 0 Å². The van der Waals surface area contributed by atoms with Crippen LogP contribution < -0.4 is 0 Å². The summed E-state index contributed by atoms with van der Waals surface area (Å²) in [6.45, 7) is 9.05. The molecule has 1 heteroatoms. The van der Waals surface area contributed by atoms with Crippen LogP contribution in [-0.2, 0) is 4.79 Å². The van der Waals surface area contributed by atoms with Crippen LogP contribution in [0.1, 0.15) is 59.8 Å². The maximum atomic E-state index is 10.3. The summed E-state index contributed by atoms with van der Waals surface area (Å²) >= 11 is 0. The Labute approximate surface area is 82.9 Å². The normalized spacial score (nSPS) is 14.2. The third kappa shape index (κ3) is 5.84. The molecule has 0 bridgehead atoms. The molecular weight excluding hydrogens is 160 g/mol. The van der Waals surface area contributed by atoms with Crippen molar-refractivity contribution in [3.8, 4) is 0 Å². The van der Waals surface area contributed by atoms with Crippen molar-refractivity contribution < 1.29 is 4.79 Å². The quantitative estimate of drug-likeness (QED) is 0.573. The Morgan fingerprint density at radius 2 is 1.85 bits per heavy atom. The zero-order valence-corrected chi connectivity index (χ0v) is 9.60. The molecule has 1 unspecified atom stereocenters. The number of carbonyl (C=O) groups is 1. The second-order valence-corrected chi connectivity index (χ2v) is 4.95. The van der Waals surface area contributed by atoms with E-state index in [4.69, 9.17) is 0 Å². The van der Waals surface area contributed by atoms with Crippen LogP contribution in [0.2, 0.25) is 0 Å². The summed E-state index contributed by atoms with van der Waals surface area (Å²) in [6.07, 6.45) is 6.66. The Bertz CT molecular complexity index is 133. The minimum Gasteiger partial charge on any atom is -0.303 e. The summed E-state index contributed by atoms with van der Waals surface area (Å²) in [5.74, 6) is 0.706. The number of rotatable bonds is 6. The van der Waals surface area contributed by atoms with E-state index in [1.807, 2.05) is 0 Å². The highest BCUT2D eigenvalue weighted by molar-refractivity contribution is 5.49. The van der Waals surface area contributed by atoms with Crippen molar-refractivity contribution in [3.05, 3.63) is 0 Å². The lowest BCUT2D eigenvalue weighted by atomic mass is 9.75. The van der Waals surface area contributed by atoms with Gasteiger partial charge in [-0.3, -0.25) is 0 Å². The molecule has 0 aliphatic heterocycles. The summed E-state index contributed by atoms with van der Waals surface area (Å²) in [5.41, 5.74) is 0.359. The average Bonchev–Trinajstić information content (AvgIpc) is 2.02. The fraction of sp³-hybridized carbons (Fsp3) is 0.917. The Balaban J connectivity index is 3.95. The van der Waals surface area contributed by atoms with Gasteiger partial charge in [0.15, 0.2) is 0 Å². The molecule has 0 aromatic heterocycles. The average molecular weight is 184 g/mol. The molecule has 0 rings (SSSR count). The van der Waals surface area contributed by atoms with E-state index < -0.39 is 0 Å².